The highest BCUT2D eigenvalue weighted by atomic mass is 35.5. The molecule has 0 saturated carbocycles. The number of benzene rings is 2. The third-order valence-corrected chi connectivity index (χ3v) is 6.90. The van der Waals surface area contributed by atoms with Gasteiger partial charge in [-0.2, -0.15) is 0 Å². The molecule has 0 N–H and O–H groups in total. The molecule has 2 aliphatic heterocycles. The van der Waals surface area contributed by atoms with Gasteiger partial charge in [0.15, 0.2) is 17.2 Å². The summed E-state index contributed by atoms with van der Waals surface area (Å²) >= 11 is 12.7. The summed E-state index contributed by atoms with van der Waals surface area (Å²) in [5.41, 5.74) is 2.28. The van der Waals surface area contributed by atoms with E-state index in [1.807, 2.05) is 35.2 Å². The number of carbonyl (C=O) groups excluding carboxylic acids is 1. The van der Waals surface area contributed by atoms with Crippen LogP contribution in [0.1, 0.15) is 46.8 Å². The number of likely N-dealkylation sites (tertiary alicyclic amines) is 1. The number of nitrogens with zero attached hydrogens (tertiary/aromatic N) is 3. The minimum absolute atomic E-state index is 0.0742. The van der Waals surface area contributed by atoms with E-state index in [0.29, 0.717) is 41.3 Å². The van der Waals surface area contributed by atoms with Gasteiger partial charge in [-0.1, -0.05) is 41.4 Å². The van der Waals surface area contributed by atoms with E-state index in [1.165, 1.54) is 6.26 Å². The lowest BCUT2D eigenvalue weighted by atomic mass is 10.1. The smallest absolute Gasteiger partial charge is 0.275 e. The first kappa shape index (κ1) is 23.0. The number of oxazole rings is 1. The molecule has 3 aromatic rings. The van der Waals surface area contributed by atoms with Crippen molar-refractivity contribution in [3.8, 4) is 11.5 Å². The van der Waals surface area contributed by atoms with Crippen molar-refractivity contribution in [1.29, 1.82) is 0 Å². The van der Waals surface area contributed by atoms with E-state index in [9.17, 15) is 4.79 Å². The summed E-state index contributed by atoms with van der Waals surface area (Å²) < 4.78 is 16.7. The average molecular weight is 502 g/mol. The molecule has 7 nitrogen and oxygen atoms in total. The molecule has 178 valence electrons. The molecule has 2 aliphatic rings. The number of halogens is 2. The first-order chi connectivity index (χ1) is 16.6. The standard InChI is InChI=1S/C25H25Cl2N3O4/c26-19-6-4-5-18(24(19)27)13-29(12-17-7-8-21-22(11-17)34-16-33-21)14-23-28-20(15-32-23)25(31)30-9-2-1-3-10-30/h4-8,11,15H,1-3,9-10,12-14,16H2. The average Bonchev–Trinajstić information content (AvgIpc) is 3.51. The second-order valence-corrected chi connectivity index (χ2v) is 9.31. The van der Waals surface area contributed by atoms with Gasteiger partial charge in [-0.05, 0) is 48.6 Å². The Morgan fingerprint density at radius 3 is 2.68 bits per heavy atom. The summed E-state index contributed by atoms with van der Waals surface area (Å²) in [5.74, 6) is 1.86. The molecule has 1 aromatic heterocycles. The molecule has 9 heteroatoms. The summed E-state index contributed by atoms with van der Waals surface area (Å²) in [6, 6.07) is 11.5. The number of hydrogen-bond donors (Lipinski definition) is 0. The monoisotopic (exact) mass is 501 g/mol. The minimum atomic E-state index is -0.0742. The number of hydrogen-bond acceptors (Lipinski definition) is 6. The van der Waals surface area contributed by atoms with Crippen LogP contribution < -0.4 is 9.47 Å². The Bertz CT molecular complexity index is 1180. The van der Waals surface area contributed by atoms with Gasteiger partial charge in [0.1, 0.15) is 6.26 Å². The Kier molecular flexibility index (Phi) is 6.94. The molecule has 0 spiro atoms. The highest BCUT2D eigenvalue weighted by molar-refractivity contribution is 6.42. The number of amides is 1. The van der Waals surface area contributed by atoms with Crippen LogP contribution in [0.25, 0.3) is 0 Å². The van der Waals surface area contributed by atoms with E-state index in [0.717, 1.165) is 55.0 Å². The van der Waals surface area contributed by atoms with Crippen LogP contribution in [0.15, 0.2) is 47.1 Å². The fourth-order valence-corrected chi connectivity index (χ4v) is 4.69. The number of aromatic nitrogens is 1. The lowest BCUT2D eigenvalue weighted by molar-refractivity contribution is 0.0718. The zero-order valence-corrected chi connectivity index (χ0v) is 20.1. The number of rotatable bonds is 7. The minimum Gasteiger partial charge on any atom is -0.454 e. The normalized spacial score (nSPS) is 15.2. The predicted octanol–water partition coefficient (Wildman–Crippen LogP) is 5.54. The lowest BCUT2D eigenvalue weighted by Gasteiger charge is -2.25. The van der Waals surface area contributed by atoms with Gasteiger partial charge in [0.25, 0.3) is 5.91 Å². The van der Waals surface area contributed by atoms with Gasteiger partial charge in [0.2, 0.25) is 12.7 Å². The van der Waals surface area contributed by atoms with Crippen molar-refractivity contribution in [2.45, 2.75) is 38.9 Å². The van der Waals surface area contributed by atoms with E-state index in [2.05, 4.69) is 9.88 Å². The number of piperidine rings is 1. The zero-order chi connectivity index (χ0) is 23.5. The number of fused-ring (bicyclic) bond motifs is 1. The van der Waals surface area contributed by atoms with Crippen LogP contribution in [-0.2, 0) is 19.6 Å². The predicted molar refractivity (Wildman–Crippen MR) is 128 cm³/mol. The highest BCUT2D eigenvalue weighted by Crippen LogP contribution is 2.33. The molecule has 1 fully saturated rings. The van der Waals surface area contributed by atoms with Crippen molar-refractivity contribution in [2.24, 2.45) is 0 Å². The maximum Gasteiger partial charge on any atom is 0.275 e. The van der Waals surface area contributed by atoms with Crippen LogP contribution in [0.4, 0.5) is 0 Å². The van der Waals surface area contributed by atoms with Gasteiger partial charge >= 0.3 is 0 Å². The van der Waals surface area contributed by atoms with Gasteiger partial charge < -0.3 is 18.8 Å². The first-order valence-corrected chi connectivity index (χ1v) is 12.1. The Balaban J connectivity index is 1.35. The van der Waals surface area contributed by atoms with Gasteiger partial charge in [0, 0.05) is 26.2 Å². The van der Waals surface area contributed by atoms with Crippen LogP contribution in [-0.4, -0.2) is 40.6 Å². The molecular formula is C25H25Cl2N3O4. The quantitative estimate of drug-likeness (QED) is 0.423. The van der Waals surface area contributed by atoms with Crippen molar-refractivity contribution < 1.29 is 18.7 Å². The molecule has 0 radical (unpaired) electrons. The maximum absolute atomic E-state index is 12.8. The summed E-state index contributed by atoms with van der Waals surface area (Å²) in [7, 11) is 0. The molecular weight excluding hydrogens is 477 g/mol. The molecule has 0 atom stereocenters. The van der Waals surface area contributed by atoms with E-state index in [4.69, 9.17) is 37.1 Å². The van der Waals surface area contributed by atoms with Crippen molar-refractivity contribution in [2.75, 3.05) is 19.9 Å². The van der Waals surface area contributed by atoms with Crippen molar-refractivity contribution in [1.82, 2.24) is 14.8 Å². The largest absolute Gasteiger partial charge is 0.454 e. The van der Waals surface area contributed by atoms with E-state index < -0.39 is 0 Å². The van der Waals surface area contributed by atoms with E-state index in [1.54, 1.807) is 6.07 Å². The van der Waals surface area contributed by atoms with E-state index >= 15 is 0 Å². The molecule has 1 amide bonds. The molecule has 0 aliphatic carbocycles. The molecule has 5 rings (SSSR count). The highest BCUT2D eigenvalue weighted by Gasteiger charge is 2.23. The SMILES string of the molecule is O=C(c1coc(CN(Cc2ccc3c(c2)OCO3)Cc2cccc(Cl)c2Cl)n1)N1CCCCC1. The van der Waals surface area contributed by atoms with Crippen LogP contribution in [0, 0.1) is 0 Å². The van der Waals surface area contributed by atoms with Crippen molar-refractivity contribution in [3.05, 3.63) is 75.4 Å². The van der Waals surface area contributed by atoms with Crippen molar-refractivity contribution >= 4 is 29.1 Å². The fraction of sp³-hybridized carbons (Fsp3) is 0.360. The first-order valence-electron chi connectivity index (χ1n) is 11.3. The molecule has 1 saturated heterocycles. The van der Waals surface area contributed by atoms with Crippen LogP contribution in [0.2, 0.25) is 10.0 Å². The van der Waals surface area contributed by atoms with Gasteiger partial charge in [-0.15, -0.1) is 0 Å². The lowest BCUT2D eigenvalue weighted by Crippen LogP contribution is -2.35. The second kappa shape index (κ2) is 10.3. The summed E-state index contributed by atoms with van der Waals surface area (Å²) in [6.45, 7) is 3.26. The van der Waals surface area contributed by atoms with Crippen LogP contribution in [0.5, 0.6) is 11.5 Å². The second-order valence-electron chi connectivity index (χ2n) is 8.53. The third-order valence-electron chi connectivity index (χ3n) is 6.04. The molecule has 0 unspecified atom stereocenters. The summed E-state index contributed by atoms with van der Waals surface area (Å²) in [5, 5.41) is 1.03. The third kappa shape index (κ3) is 5.17. The maximum atomic E-state index is 12.8. The van der Waals surface area contributed by atoms with Gasteiger partial charge in [0.05, 0.1) is 16.6 Å². The van der Waals surface area contributed by atoms with Crippen molar-refractivity contribution in [3.63, 3.8) is 0 Å². The molecule has 3 heterocycles. The molecule has 2 aromatic carbocycles. The topological polar surface area (TPSA) is 68.0 Å². The molecule has 0 bridgehead atoms. The van der Waals surface area contributed by atoms with Gasteiger partial charge in [-0.25, -0.2) is 4.98 Å². The Labute approximate surface area is 208 Å². The Morgan fingerprint density at radius 2 is 1.82 bits per heavy atom. The van der Waals surface area contributed by atoms with Crippen LogP contribution >= 0.6 is 23.2 Å². The Morgan fingerprint density at radius 1 is 1.00 bits per heavy atom. The summed E-state index contributed by atoms with van der Waals surface area (Å²) in [4.78, 5) is 21.3. The number of ether oxygens (including phenoxy) is 2. The fourth-order valence-electron chi connectivity index (χ4n) is 4.31. The summed E-state index contributed by atoms with van der Waals surface area (Å²) in [6.07, 6.45) is 4.67. The Hall–Kier alpha value is -2.74. The van der Waals surface area contributed by atoms with Gasteiger partial charge in [-0.3, -0.25) is 9.69 Å². The zero-order valence-electron chi connectivity index (χ0n) is 18.6. The van der Waals surface area contributed by atoms with E-state index in [-0.39, 0.29) is 12.7 Å². The number of carbonyl (C=O) groups is 1. The molecule has 34 heavy (non-hydrogen) atoms. The van der Waals surface area contributed by atoms with Crippen LogP contribution in [0.3, 0.4) is 0 Å².